The van der Waals surface area contributed by atoms with Gasteiger partial charge in [0.25, 0.3) is 0 Å². The van der Waals surface area contributed by atoms with E-state index in [4.69, 9.17) is 4.74 Å². The monoisotopic (exact) mass is 273 g/mol. The summed E-state index contributed by atoms with van der Waals surface area (Å²) in [6.07, 6.45) is 0. The van der Waals surface area contributed by atoms with Gasteiger partial charge in [-0.05, 0) is 20.8 Å². The van der Waals surface area contributed by atoms with E-state index >= 15 is 0 Å². The lowest BCUT2D eigenvalue weighted by Crippen LogP contribution is -2.28. The Labute approximate surface area is 107 Å². The van der Waals surface area contributed by atoms with Gasteiger partial charge in [-0.15, -0.1) is 0 Å². The molecule has 0 fully saturated rings. The molecule has 0 amide bonds. The molecular weight excluding hydrogens is 254 g/mol. The van der Waals surface area contributed by atoms with Gasteiger partial charge in [-0.1, -0.05) is 12.2 Å². The highest BCUT2D eigenvalue weighted by Gasteiger charge is 2.21. The minimum atomic E-state index is -3.53. The standard InChI is InChI=1S/C11H19N3O3S/c1-8(2)7-17-6-5-12-18(15,16)11-9(3)13-14-10(11)4/h12H,1,5-7H2,2-4H3,(H,13,14). The first-order valence-corrected chi connectivity index (χ1v) is 7.06. The van der Waals surface area contributed by atoms with Crippen molar-refractivity contribution in [2.24, 2.45) is 0 Å². The molecule has 0 radical (unpaired) electrons. The first kappa shape index (κ1) is 14.9. The van der Waals surface area contributed by atoms with Gasteiger partial charge in [0.1, 0.15) is 4.90 Å². The number of nitrogens with zero attached hydrogens (tertiary/aromatic N) is 1. The molecule has 0 spiro atoms. The average molecular weight is 273 g/mol. The summed E-state index contributed by atoms with van der Waals surface area (Å²) >= 11 is 0. The second-order valence-corrected chi connectivity index (χ2v) is 5.87. The second kappa shape index (κ2) is 6.12. The fraction of sp³-hybridized carbons (Fsp3) is 0.545. The first-order chi connectivity index (χ1) is 8.34. The molecule has 1 aromatic heterocycles. The van der Waals surface area contributed by atoms with Crippen molar-refractivity contribution in [3.8, 4) is 0 Å². The number of aromatic nitrogens is 2. The van der Waals surface area contributed by atoms with Crippen molar-refractivity contribution < 1.29 is 13.2 Å². The highest BCUT2D eigenvalue weighted by molar-refractivity contribution is 7.89. The van der Waals surface area contributed by atoms with Crippen LogP contribution in [0.2, 0.25) is 0 Å². The summed E-state index contributed by atoms with van der Waals surface area (Å²) in [6, 6.07) is 0. The Morgan fingerprint density at radius 3 is 2.67 bits per heavy atom. The van der Waals surface area contributed by atoms with Gasteiger partial charge < -0.3 is 4.74 Å². The van der Waals surface area contributed by atoms with E-state index in [0.29, 0.717) is 24.6 Å². The van der Waals surface area contributed by atoms with Crippen LogP contribution in [-0.2, 0) is 14.8 Å². The Balaban J connectivity index is 2.54. The molecule has 0 unspecified atom stereocenters. The number of aromatic amines is 1. The predicted molar refractivity (Wildman–Crippen MR) is 68.9 cm³/mol. The van der Waals surface area contributed by atoms with Crippen LogP contribution in [0.3, 0.4) is 0 Å². The average Bonchev–Trinajstić information content (AvgIpc) is 2.57. The summed E-state index contributed by atoms with van der Waals surface area (Å²) in [5, 5.41) is 6.51. The highest BCUT2D eigenvalue weighted by atomic mass is 32.2. The van der Waals surface area contributed by atoms with E-state index in [1.807, 2.05) is 6.92 Å². The van der Waals surface area contributed by atoms with Crippen LogP contribution in [0.5, 0.6) is 0 Å². The summed E-state index contributed by atoms with van der Waals surface area (Å²) in [4.78, 5) is 0.211. The molecule has 1 aromatic rings. The molecule has 0 saturated heterocycles. The third-order valence-electron chi connectivity index (χ3n) is 2.22. The molecule has 1 rings (SSSR count). The van der Waals surface area contributed by atoms with Crippen molar-refractivity contribution in [3.05, 3.63) is 23.5 Å². The van der Waals surface area contributed by atoms with Crippen LogP contribution in [0.1, 0.15) is 18.3 Å². The highest BCUT2D eigenvalue weighted by Crippen LogP contribution is 2.15. The Morgan fingerprint density at radius 1 is 1.50 bits per heavy atom. The molecule has 0 atom stereocenters. The second-order valence-electron chi connectivity index (χ2n) is 4.17. The molecular formula is C11H19N3O3S. The number of sulfonamides is 1. The molecule has 0 aliphatic heterocycles. The van der Waals surface area contributed by atoms with Crippen LogP contribution in [0.4, 0.5) is 0 Å². The summed E-state index contributed by atoms with van der Waals surface area (Å²) < 4.78 is 31.7. The maximum absolute atomic E-state index is 12.0. The molecule has 1 heterocycles. The van der Waals surface area contributed by atoms with Crippen molar-refractivity contribution in [1.29, 1.82) is 0 Å². The molecule has 0 saturated carbocycles. The van der Waals surface area contributed by atoms with Gasteiger partial charge in [0.15, 0.2) is 0 Å². The van der Waals surface area contributed by atoms with E-state index in [2.05, 4.69) is 21.5 Å². The van der Waals surface area contributed by atoms with Crippen LogP contribution in [-0.4, -0.2) is 38.4 Å². The van der Waals surface area contributed by atoms with Crippen molar-refractivity contribution in [1.82, 2.24) is 14.9 Å². The van der Waals surface area contributed by atoms with E-state index in [0.717, 1.165) is 5.57 Å². The third kappa shape index (κ3) is 3.94. The SMILES string of the molecule is C=C(C)COCCNS(=O)(=O)c1c(C)n[nH]c1C. The van der Waals surface area contributed by atoms with Crippen molar-refractivity contribution in [2.75, 3.05) is 19.8 Å². The van der Waals surface area contributed by atoms with Gasteiger partial charge in [0.05, 0.1) is 24.6 Å². The normalized spacial score (nSPS) is 11.7. The molecule has 0 bridgehead atoms. The van der Waals surface area contributed by atoms with E-state index in [-0.39, 0.29) is 11.4 Å². The molecule has 0 aliphatic rings. The zero-order valence-electron chi connectivity index (χ0n) is 10.9. The summed E-state index contributed by atoms with van der Waals surface area (Å²) in [5.74, 6) is 0. The molecule has 6 nitrogen and oxygen atoms in total. The number of hydrogen-bond acceptors (Lipinski definition) is 4. The summed E-state index contributed by atoms with van der Waals surface area (Å²) in [7, 11) is -3.53. The summed E-state index contributed by atoms with van der Waals surface area (Å²) in [5.41, 5.74) is 1.89. The number of ether oxygens (including phenoxy) is 1. The predicted octanol–water partition coefficient (Wildman–Crippen LogP) is 0.898. The van der Waals surface area contributed by atoms with E-state index in [1.165, 1.54) is 0 Å². The van der Waals surface area contributed by atoms with Crippen LogP contribution in [0.25, 0.3) is 0 Å². The number of hydrogen-bond donors (Lipinski definition) is 2. The van der Waals surface area contributed by atoms with E-state index < -0.39 is 10.0 Å². The summed E-state index contributed by atoms with van der Waals surface area (Å²) in [6.45, 7) is 9.83. The fourth-order valence-corrected chi connectivity index (χ4v) is 2.88. The maximum Gasteiger partial charge on any atom is 0.244 e. The van der Waals surface area contributed by atoms with Crippen molar-refractivity contribution >= 4 is 10.0 Å². The molecule has 7 heteroatoms. The zero-order chi connectivity index (χ0) is 13.8. The van der Waals surface area contributed by atoms with Gasteiger partial charge in [-0.25, -0.2) is 13.1 Å². The molecule has 0 aromatic carbocycles. The number of H-pyrrole nitrogens is 1. The Bertz CT molecular complexity index is 500. The lowest BCUT2D eigenvalue weighted by atomic mass is 10.4. The Kier molecular flexibility index (Phi) is 5.06. The molecule has 18 heavy (non-hydrogen) atoms. The smallest absolute Gasteiger partial charge is 0.244 e. The largest absolute Gasteiger partial charge is 0.376 e. The quantitative estimate of drug-likeness (QED) is 0.571. The topological polar surface area (TPSA) is 84.1 Å². The van der Waals surface area contributed by atoms with Crippen LogP contribution >= 0.6 is 0 Å². The molecule has 0 aliphatic carbocycles. The van der Waals surface area contributed by atoms with Gasteiger partial charge in [0, 0.05) is 6.54 Å². The minimum Gasteiger partial charge on any atom is -0.376 e. The number of aryl methyl sites for hydroxylation is 2. The number of rotatable bonds is 7. The number of nitrogens with one attached hydrogen (secondary N) is 2. The van der Waals surface area contributed by atoms with Crippen LogP contribution in [0, 0.1) is 13.8 Å². The van der Waals surface area contributed by atoms with E-state index in [1.54, 1.807) is 13.8 Å². The maximum atomic E-state index is 12.0. The van der Waals surface area contributed by atoms with Crippen molar-refractivity contribution in [3.63, 3.8) is 0 Å². The van der Waals surface area contributed by atoms with Crippen molar-refractivity contribution in [2.45, 2.75) is 25.7 Å². The Morgan fingerprint density at radius 2 is 2.17 bits per heavy atom. The van der Waals surface area contributed by atoms with Gasteiger partial charge >= 0.3 is 0 Å². The van der Waals surface area contributed by atoms with Gasteiger partial charge in [-0.3, -0.25) is 5.10 Å². The van der Waals surface area contributed by atoms with E-state index in [9.17, 15) is 8.42 Å². The molecule has 102 valence electrons. The minimum absolute atomic E-state index is 0.211. The lowest BCUT2D eigenvalue weighted by molar-refractivity contribution is 0.162. The van der Waals surface area contributed by atoms with Crippen LogP contribution in [0.15, 0.2) is 17.0 Å². The molecule has 2 N–H and O–H groups in total. The van der Waals surface area contributed by atoms with Gasteiger partial charge in [-0.2, -0.15) is 5.10 Å². The third-order valence-corrected chi connectivity index (χ3v) is 3.94. The zero-order valence-corrected chi connectivity index (χ0v) is 11.7. The lowest BCUT2D eigenvalue weighted by Gasteiger charge is -2.07. The van der Waals surface area contributed by atoms with Crippen LogP contribution < -0.4 is 4.72 Å². The first-order valence-electron chi connectivity index (χ1n) is 5.58. The van der Waals surface area contributed by atoms with Gasteiger partial charge in [0.2, 0.25) is 10.0 Å². The fourth-order valence-electron chi connectivity index (χ4n) is 1.50. The Hall–Kier alpha value is -1.18.